The Hall–Kier alpha value is -1.11. The molecule has 0 atom stereocenters. The van der Waals surface area contributed by atoms with Gasteiger partial charge in [-0.2, -0.15) is 0 Å². The summed E-state index contributed by atoms with van der Waals surface area (Å²) in [5.74, 6) is -0.400. The van der Waals surface area contributed by atoms with E-state index in [9.17, 15) is 13.2 Å². The molecule has 1 aromatic carbocycles. The van der Waals surface area contributed by atoms with E-state index in [1.165, 1.54) is 0 Å². The van der Waals surface area contributed by atoms with Gasteiger partial charge in [0.15, 0.2) is 0 Å². The topological polar surface area (TPSA) is 75.3 Å². The summed E-state index contributed by atoms with van der Waals surface area (Å²) in [4.78, 5) is 11.3. The minimum atomic E-state index is -3.54. The molecule has 0 aliphatic carbocycles. The highest BCUT2D eigenvalue weighted by Crippen LogP contribution is 1.96. The molecule has 17 heavy (non-hydrogen) atoms. The number of rotatable bonds is 6. The van der Waals surface area contributed by atoms with Crippen molar-refractivity contribution in [2.75, 3.05) is 11.8 Å². The molecule has 0 saturated carbocycles. The molecule has 0 radical (unpaired) electrons. The summed E-state index contributed by atoms with van der Waals surface area (Å²) in [6.07, 6.45) is 0. The number of sulfonamides is 1. The fourth-order valence-electron chi connectivity index (χ4n) is 1.07. The number of hydrogen-bond donors (Lipinski definition) is 2. The van der Waals surface area contributed by atoms with Gasteiger partial charge in [0, 0.05) is 6.54 Å². The standard InChI is InChI=1S/C10H13ClN2O3S/c11-8-17(15,16)13-7-10(14)12-6-9-4-2-1-3-5-9/h1-5,13H,6-8H2,(H,12,14). The van der Waals surface area contributed by atoms with Crippen LogP contribution in [0.1, 0.15) is 5.56 Å². The van der Waals surface area contributed by atoms with E-state index >= 15 is 0 Å². The SMILES string of the molecule is O=C(CNS(=O)(=O)CCl)NCc1ccccc1. The molecule has 0 aromatic heterocycles. The molecule has 0 saturated heterocycles. The molecule has 1 amide bonds. The Morgan fingerprint density at radius 1 is 1.24 bits per heavy atom. The van der Waals surface area contributed by atoms with Gasteiger partial charge < -0.3 is 5.32 Å². The molecule has 1 rings (SSSR count). The quantitative estimate of drug-likeness (QED) is 0.740. The van der Waals surface area contributed by atoms with Crippen LogP contribution in [0.15, 0.2) is 30.3 Å². The van der Waals surface area contributed by atoms with Gasteiger partial charge in [-0.3, -0.25) is 4.79 Å². The molecule has 0 fully saturated rings. The number of alkyl halides is 1. The van der Waals surface area contributed by atoms with Gasteiger partial charge in [-0.25, -0.2) is 13.1 Å². The summed E-state index contributed by atoms with van der Waals surface area (Å²) >= 11 is 5.17. The van der Waals surface area contributed by atoms with Crippen LogP contribution in [0, 0.1) is 0 Å². The molecule has 0 spiro atoms. The van der Waals surface area contributed by atoms with Crippen molar-refractivity contribution in [1.29, 1.82) is 0 Å². The second kappa shape index (κ2) is 6.58. The van der Waals surface area contributed by atoms with Gasteiger partial charge in [-0.05, 0) is 5.56 Å². The molecule has 0 unspecified atom stereocenters. The highest BCUT2D eigenvalue weighted by Gasteiger charge is 2.09. The molecular weight excluding hydrogens is 264 g/mol. The van der Waals surface area contributed by atoms with Gasteiger partial charge in [-0.1, -0.05) is 30.3 Å². The Balaban J connectivity index is 2.32. The zero-order chi connectivity index (χ0) is 12.7. The number of benzene rings is 1. The number of carbonyl (C=O) groups is 1. The van der Waals surface area contributed by atoms with Crippen molar-refractivity contribution in [3.8, 4) is 0 Å². The van der Waals surface area contributed by atoms with Crippen LogP contribution < -0.4 is 10.0 Å². The summed E-state index contributed by atoms with van der Waals surface area (Å²) < 4.78 is 24.0. The first-order valence-corrected chi connectivity index (χ1v) is 7.06. The number of carbonyl (C=O) groups excluding carboxylic acids is 1. The van der Waals surface area contributed by atoms with Crippen molar-refractivity contribution in [3.63, 3.8) is 0 Å². The lowest BCUT2D eigenvalue weighted by Crippen LogP contribution is -2.36. The first-order chi connectivity index (χ1) is 8.03. The van der Waals surface area contributed by atoms with Gasteiger partial charge in [-0.15, -0.1) is 11.6 Å². The zero-order valence-electron chi connectivity index (χ0n) is 9.02. The Kier molecular flexibility index (Phi) is 5.40. The molecule has 2 N–H and O–H groups in total. The van der Waals surface area contributed by atoms with Crippen molar-refractivity contribution in [2.45, 2.75) is 6.54 Å². The Bertz CT molecular complexity index is 462. The fraction of sp³-hybridized carbons (Fsp3) is 0.300. The van der Waals surface area contributed by atoms with E-state index in [4.69, 9.17) is 11.6 Å². The molecule has 5 nitrogen and oxygen atoms in total. The second-order valence-corrected chi connectivity index (χ2v) is 5.70. The predicted octanol–water partition coefficient (Wildman–Crippen LogP) is 0.418. The van der Waals surface area contributed by atoms with Crippen molar-refractivity contribution >= 4 is 27.5 Å². The van der Waals surface area contributed by atoms with Crippen LogP contribution in [0.2, 0.25) is 0 Å². The lowest BCUT2D eigenvalue weighted by atomic mass is 10.2. The highest BCUT2D eigenvalue weighted by molar-refractivity contribution is 7.90. The molecule has 7 heteroatoms. The lowest BCUT2D eigenvalue weighted by molar-refractivity contribution is -0.120. The number of hydrogen-bond acceptors (Lipinski definition) is 3. The first-order valence-electron chi connectivity index (χ1n) is 4.87. The van der Waals surface area contributed by atoms with Crippen LogP contribution in [-0.4, -0.2) is 26.1 Å². The monoisotopic (exact) mass is 276 g/mol. The van der Waals surface area contributed by atoms with E-state index in [0.29, 0.717) is 6.54 Å². The smallest absolute Gasteiger partial charge is 0.235 e. The third-order valence-corrected chi connectivity index (χ3v) is 3.66. The van der Waals surface area contributed by atoms with E-state index in [-0.39, 0.29) is 6.54 Å². The van der Waals surface area contributed by atoms with Crippen LogP contribution in [0.3, 0.4) is 0 Å². The Morgan fingerprint density at radius 2 is 1.88 bits per heavy atom. The second-order valence-electron chi connectivity index (χ2n) is 3.31. The van der Waals surface area contributed by atoms with Gasteiger partial charge in [0.25, 0.3) is 0 Å². The first kappa shape index (κ1) is 14.0. The number of halogens is 1. The molecule has 0 heterocycles. The van der Waals surface area contributed by atoms with Crippen molar-refractivity contribution in [3.05, 3.63) is 35.9 Å². The molecular formula is C10H13ClN2O3S. The van der Waals surface area contributed by atoms with E-state index in [1.54, 1.807) is 0 Å². The third kappa shape index (κ3) is 5.67. The highest BCUT2D eigenvalue weighted by atomic mass is 35.5. The number of nitrogens with one attached hydrogen (secondary N) is 2. The summed E-state index contributed by atoms with van der Waals surface area (Å²) in [6, 6.07) is 9.32. The maximum absolute atomic E-state index is 11.3. The third-order valence-electron chi connectivity index (χ3n) is 1.93. The van der Waals surface area contributed by atoms with Gasteiger partial charge in [0.05, 0.1) is 6.54 Å². The molecule has 94 valence electrons. The average Bonchev–Trinajstić information content (AvgIpc) is 2.35. The van der Waals surface area contributed by atoms with Crippen LogP contribution in [0.5, 0.6) is 0 Å². The van der Waals surface area contributed by atoms with Crippen LogP contribution in [0.4, 0.5) is 0 Å². The number of amides is 1. The maximum Gasteiger partial charge on any atom is 0.235 e. The fourth-order valence-corrected chi connectivity index (χ4v) is 1.73. The van der Waals surface area contributed by atoms with Crippen LogP contribution in [0.25, 0.3) is 0 Å². The zero-order valence-corrected chi connectivity index (χ0v) is 10.6. The van der Waals surface area contributed by atoms with Crippen LogP contribution in [-0.2, 0) is 21.4 Å². The lowest BCUT2D eigenvalue weighted by Gasteiger charge is -2.06. The van der Waals surface area contributed by atoms with Gasteiger partial charge >= 0.3 is 0 Å². The Labute approximate surface area is 105 Å². The van der Waals surface area contributed by atoms with E-state index in [2.05, 4.69) is 10.0 Å². The summed E-state index contributed by atoms with van der Waals surface area (Å²) in [5, 5.41) is 2.03. The normalized spacial score (nSPS) is 11.1. The van der Waals surface area contributed by atoms with Gasteiger partial charge in [0.2, 0.25) is 15.9 Å². The van der Waals surface area contributed by atoms with Gasteiger partial charge in [0.1, 0.15) is 5.21 Å². The van der Waals surface area contributed by atoms with Crippen LogP contribution >= 0.6 is 11.6 Å². The summed E-state index contributed by atoms with van der Waals surface area (Å²) in [7, 11) is -3.54. The van der Waals surface area contributed by atoms with Crippen molar-refractivity contribution in [1.82, 2.24) is 10.0 Å². The predicted molar refractivity (Wildman–Crippen MR) is 65.9 cm³/mol. The molecule has 0 aliphatic heterocycles. The molecule has 0 aliphatic rings. The average molecular weight is 277 g/mol. The molecule has 1 aromatic rings. The summed E-state index contributed by atoms with van der Waals surface area (Å²) in [5.41, 5.74) is 0.945. The van der Waals surface area contributed by atoms with E-state index < -0.39 is 21.1 Å². The maximum atomic E-state index is 11.3. The molecule has 0 bridgehead atoms. The minimum Gasteiger partial charge on any atom is -0.351 e. The van der Waals surface area contributed by atoms with Crippen molar-refractivity contribution in [2.24, 2.45) is 0 Å². The van der Waals surface area contributed by atoms with E-state index in [0.717, 1.165) is 5.56 Å². The van der Waals surface area contributed by atoms with E-state index in [1.807, 2.05) is 30.3 Å². The summed E-state index contributed by atoms with van der Waals surface area (Å²) in [6.45, 7) is 0.0597. The minimum absolute atomic E-state index is 0.304. The van der Waals surface area contributed by atoms with Crippen molar-refractivity contribution < 1.29 is 13.2 Å². The largest absolute Gasteiger partial charge is 0.351 e. The Morgan fingerprint density at radius 3 is 2.47 bits per heavy atom.